The van der Waals surface area contributed by atoms with Crippen LogP contribution in [-0.2, 0) is 5.67 Å². The molecule has 2 rings (SSSR count). The maximum atomic E-state index is 15.5. The topological polar surface area (TPSA) is 0 Å². The van der Waals surface area contributed by atoms with Crippen LogP contribution in [0.25, 0.3) is 10.8 Å². The van der Waals surface area contributed by atoms with Gasteiger partial charge in [-0.2, -0.15) is 0 Å². The number of alkyl halides is 2. The van der Waals surface area contributed by atoms with Crippen LogP contribution in [0, 0.1) is 0 Å². The Morgan fingerprint density at radius 1 is 1.00 bits per heavy atom. The van der Waals surface area contributed by atoms with E-state index in [1.54, 1.807) is 12.1 Å². The largest absolute Gasteiger partial charge is 0.243 e. The molecule has 0 saturated heterocycles. The van der Waals surface area contributed by atoms with Gasteiger partial charge in [0.15, 0.2) is 5.67 Å². The highest BCUT2D eigenvalue weighted by atomic mass is 19.2. The highest BCUT2D eigenvalue weighted by Crippen LogP contribution is 2.39. The molecular formula is C22H28F2. The summed E-state index contributed by atoms with van der Waals surface area (Å²) in [4.78, 5) is 0. The third kappa shape index (κ3) is 4.23. The first-order valence-corrected chi connectivity index (χ1v) is 9.08. The van der Waals surface area contributed by atoms with E-state index in [0.717, 1.165) is 36.1 Å². The van der Waals surface area contributed by atoms with Gasteiger partial charge < -0.3 is 0 Å². The van der Waals surface area contributed by atoms with E-state index in [1.165, 1.54) is 19.3 Å². The first-order chi connectivity index (χ1) is 11.6. The predicted molar refractivity (Wildman–Crippen MR) is 99.8 cm³/mol. The first kappa shape index (κ1) is 18.6. The lowest BCUT2D eigenvalue weighted by atomic mass is 9.85. The van der Waals surface area contributed by atoms with Crippen LogP contribution in [0.3, 0.4) is 0 Å². The van der Waals surface area contributed by atoms with Gasteiger partial charge in [0.25, 0.3) is 0 Å². The minimum Gasteiger partial charge on any atom is -0.243 e. The van der Waals surface area contributed by atoms with Gasteiger partial charge in [0.1, 0.15) is 6.17 Å². The number of rotatable bonds is 10. The van der Waals surface area contributed by atoms with Gasteiger partial charge in [-0.05, 0) is 23.3 Å². The maximum Gasteiger partial charge on any atom is 0.185 e. The molecule has 2 aromatic rings. The van der Waals surface area contributed by atoms with Crippen LogP contribution in [0.15, 0.2) is 55.1 Å². The summed E-state index contributed by atoms with van der Waals surface area (Å²) in [6.45, 7) is 5.76. The number of unbranched alkanes of at least 4 members (excludes halogenated alkanes) is 5. The highest BCUT2D eigenvalue weighted by Gasteiger charge is 2.39. The van der Waals surface area contributed by atoms with Gasteiger partial charge in [-0.15, -0.1) is 0 Å². The van der Waals surface area contributed by atoms with E-state index in [2.05, 4.69) is 13.5 Å². The van der Waals surface area contributed by atoms with Crippen LogP contribution in [0.4, 0.5) is 8.78 Å². The van der Waals surface area contributed by atoms with Crippen molar-refractivity contribution in [2.75, 3.05) is 0 Å². The third-order valence-corrected chi connectivity index (χ3v) is 4.77. The lowest BCUT2D eigenvalue weighted by molar-refractivity contribution is 0.0862. The van der Waals surface area contributed by atoms with Crippen molar-refractivity contribution in [3.63, 3.8) is 0 Å². The van der Waals surface area contributed by atoms with E-state index in [4.69, 9.17) is 0 Å². The summed E-state index contributed by atoms with van der Waals surface area (Å²) in [5.41, 5.74) is -1.75. The molecule has 0 heterocycles. The lowest BCUT2D eigenvalue weighted by Gasteiger charge is -2.27. The quantitative estimate of drug-likeness (QED) is 0.317. The van der Waals surface area contributed by atoms with Crippen molar-refractivity contribution in [3.05, 3.63) is 60.7 Å². The second kappa shape index (κ2) is 8.96. The highest BCUT2D eigenvalue weighted by molar-refractivity contribution is 5.86. The first-order valence-electron chi connectivity index (χ1n) is 9.08. The van der Waals surface area contributed by atoms with Crippen LogP contribution in [0.2, 0.25) is 0 Å². The zero-order valence-corrected chi connectivity index (χ0v) is 14.6. The Bertz CT molecular complexity index is 644. The van der Waals surface area contributed by atoms with E-state index in [9.17, 15) is 4.39 Å². The zero-order chi connectivity index (χ0) is 17.4. The molecule has 0 nitrogen and oxygen atoms in total. The van der Waals surface area contributed by atoms with Gasteiger partial charge in [-0.1, -0.05) is 94.5 Å². The number of halogens is 2. The summed E-state index contributed by atoms with van der Waals surface area (Å²) in [5, 5.41) is 1.68. The van der Waals surface area contributed by atoms with Crippen molar-refractivity contribution in [1.29, 1.82) is 0 Å². The van der Waals surface area contributed by atoms with Crippen LogP contribution >= 0.6 is 0 Å². The number of benzene rings is 2. The SMILES string of the molecule is C=CC(F)(c1cccc2ccccc12)C(F)CCCCCCCC. The molecule has 2 atom stereocenters. The number of hydrogen-bond donors (Lipinski definition) is 0. The molecule has 24 heavy (non-hydrogen) atoms. The monoisotopic (exact) mass is 330 g/mol. The fraction of sp³-hybridized carbons (Fsp3) is 0.455. The molecule has 0 amide bonds. The van der Waals surface area contributed by atoms with Crippen molar-refractivity contribution in [3.8, 4) is 0 Å². The Hall–Kier alpha value is -1.70. The summed E-state index contributed by atoms with van der Waals surface area (Å²) < 4.78 is 30.3. The molecular weight excluding hydrogens is 302 g/mol. The predicted octanol–water partition coefficient (Wildman–Crippen LogP) is 7.28. The van der Waals surface area contributed by atoms with E-state index in [-0.39, 0.29) is 6.42 Å². The van der Waals surface area contributed by atoms with E-state index in [0.29, 0.717) is 5.56 Å². The van der Waals surface area contributed by atoms with Crippen LogP contribution in [0.5, 0.6) is 0 Å². The summed E-state index contributed by atoms with van der Waals surface area (Å²) in [6, 6.07) is 12.9. The van der Waals surface area contributed by atoms with Gasteiger partial charge >= 0.3 is 0 Å². The Labute approximate surface area is 144 Å². The van der Waals surface area contributed by atoms with Crippen molar-refractivity contribution < 1.29 is 8.78 Å². The average molecular weight is 330 g/mol. The molecule has 0 radical (unpaired) electrons. The van der Waals surface area contributed by atoms with E-state index < -0.39 is 11.8 Å². The molecule has 0 aliphatic carbocycles. The lowest BCUT2D eigenvalue weighted by Crippen LogP contribution is -2.30. The molecule has 0 N–H and O–H groups in total. The van der Waals surface area contributed by atoms with E-state index >= 15 is 4.39 Å². The standard InChI is InChI=1S/C22H28F2/c1-3-5-6-7-8-9-17-21(23)22(24,4-2)20-16-12-14-18-13-10-11-15-19(18)20/h4,10-16,21H,2-3,5-9,17H2,1H3. The fourth-order valence-corrected chi connectivity index (χ4v) is 3.28. The molecule has 0 spiro atoms. The normalized spacial score (nSPS) is 15.1. The van der Waals surface area contributed by atoms with Gasteiger partial charge in [-0.25, -0.2) is 8.78 Å². The molecule has 0 aliphatic rings. The third-order valence-electron chi connectivity index (χ3n) is 4.77. The van der Waals surface area contributed by atoms with Gasteiger partial charge in [0.05, 0.1) is 0 Å². The Morgan fingerprint density at radius 2 is 1.67 bits per heavy atom. The molecule has 2 heteroatoms. The number of fused-ring (bicyclic) bond motifs is 1. The summed E-state index contributed by atoms with van der Waals surface area (Å²) in [7, 11) is 0. The second-order valence-electron chi connectivity index (χ2n) is 6.52. The number of hydrogen-bond acceptors (Lipinski definition) is 0. The van der Waals surface area contributed by atoms with Crippen LogP contribution < -0.4 is 0 Å². The summed E-state index contributed by atoms with van der Waals surface area (Å²) in [6.07, 6.45) is 6.17. The smallest absolute Gasteiger partial charge is 0.185 e. The fourth-order valence-electron chi connectivity index (χ4n) is 3.28. The average Bonchev–Trinajstić information content (AvgIpc) is 2.63. The van der Waals surface area contributed by atoms with Gasteiger partial charge in [0, 0.05) is 5.56 Å². The zero-order valence-electron chi connectivity index (χ0n) is 14.6. The minimum absolute atomic E-state index is 0.234. The Balaban J connectivity index is 2.10. The molecule has 2 aromatic carbocycles. The molecule has 0 aromatic heterocycles. The van der Waals surface area contributed by atoms with Gasteiger partial charge in [-0.3, -0.25) is 0 Å². The molecule has 2 unspecified atom stereocenters. The molecule has 0 saturated carbocycles. The summed E-state index contributed by atoms with van der Waals surface area (Å²) in [5.74, 6) is 0. The molecule has 0 aliphatic heterocycles. The summed E-state index contributed by atoms with van der Waals surface area (Å²) >= 11 is 0. The molecule has 0 fully saturated rings. The Kier molecular flexibility index (Phi) is 6.96. The molecule has 0 bridgehead atoms. The van der Waals surface area contributed by atoms with Crippen LogP contribution in [0.1, 0.15) is 57.4 Å². The van der Waals surface area contributed by atoms with Gasteiger partial charge in [0.2, 0.25) is 0 Å². The maximum absolute atomic E-state index is 15.5. The van der Waals surface area contributed by atoms with Crippen molar-refractivity contribution in [1.82, 2.24) is 0 Å². The Morgan fingerprint density at radius 3 is 2.42 bits per heavy atom. The van der Waals surface area contributed by atoms with Crippen molar-refractivity contribution in [2.24, 2.45) is 0 Å². The van der Waals surface area contributed by atoms with E-state index in [1.807, 2.05) is 30.3 Å². The minimum atomic E-state index is -2.13. The van der Waals surface area contributed by atoms with Crippen molar-refractivity contribution >= 4 is 10.8 Å². The van der Waals surface area contributed by atoms with Crippen molar-refractivity contribution in [2.45, 2.75) is 63.7 Å². The second-order valence-corrected chi connectivity index (χ2v) is 6.52. The van der Waals surface area contributed by atoms with Crippen LogP contribution in [-0.4, -0.2) is 6.17 Å². The molecule has 130 valence electrons. The number of allylic oxidation sites excluding steroid dienone is 1.